The molecule has 0 spiro atoms. The van der Waals surface area contributed by atoms with Gasteiger partial charge < -0.3 is 14.5 Å². The highest BCUT2D eigenvalue weighted by atomic mass is 16.6. The fraction of sp³-hybridized carbons (Fsp3) is 0.600. The molecule has 3 heterocycles. The summed E-state index contributed by atoms with van der Waals surface area (Å²) in [5.74, 6) is 0.868. The summed E-state index contributed by atoms with van der Waals surface area (Å²) in [6, 6.07) is 0. The second-order valence-corrected chi connectivity index (χ2v) is 6.66. The van der Waals surface area contributed by atoms with Crippen LogP contribution in [0.15, 0.2) is 12.5 Å². The molecule has 0 N–H and O–H groups in total. The van der Waals surface area contributed by atoms with Gasteiger partial charge in [0.05, 0.1) is 11.6 Å². The summed E-state index contributed by atoms with van der Waals surface area (Å²) in [4.78, 5) is 24.7. The average Bonchev–Trinajstić information content (AvgIpc) is 2.87. The number of rotatable bonds is 1. The molecule has 0 radical (unpaired) electrons. The summed E-state index contributed by atoms with van der Waals surface area (Å²) in [5, 5.41) is 5.17. The third-order valence-corrected chi connectivity index (χ3v) is 3.74. The van der Waals surface area contributed by atoms with Crippen LogP contribution in [-0.4, -0.2) is 62.5 Å². The second kappa shape index (κ2) is 5.68. The first kappa shape index (κ1) is 15.5. The zero-order chi connectivity index (χ0) is 16.6. The molecule has 1 aliphatic rings. The minimum absolute atomic E-state index is 0.258. The molecular weight excluding hydrogens is 296 g/mol. The first-order valence-electron chi connectivity index (χ1n) is 7.71. The number of hydrogen-bond donors (Lipinski definition) is 0. The number of piperazine rings is 1. The number of aromatic nitrogens is 4. The molecule has 1 fully saturated rings. The molecular formula is C15H22N6O2. The highest BCUT2D eigenvalue weighted by molar-refractivity contribution is 5.86. The Morgan fingerprint density at radius 1 is 1.17 bits per heavy atom. The van der Waals surface area contributed by atoms with E-state index < -0.39 is 5.60 Å². The standard InChI is InChI=1S/C15H22N6O2/c1-15(2,3)23-14(22)21-7-5-20(6-8-21)13-11-9-18-19(4)12(11)16-10-17-13/h9-10H,5-8H2,1-4H3. The molecule has 0 atom stereocenters. The van der Waals surface area contributed by atoms with Crippen LogP contribution >= 0.6 is 0 Å². The van der Waals surface area contributed by atoms with E-state index in [0.717, 1.165) is 16.9 Å². The smallest absolute Gasteiger partial charge is 0.410 e. The lowest BCUT2D eigenvalue weighted by Crippen LogP contribution is -2.50. The first-order chi connectivity index (χ1) is 10.8. The number of nitrogens with zero attached hydrogens (tertiary/aromatic N) is 6. The van der Waals surface area contributed by atoms with Gasteiger partial charge in [-0.15, -0.1) is 0 Å². The predicted molar refractivity (Wildman–Crippen MR) is 86.3 cm³/mol. The summed E-state index contributed by atoms with van der Waals surface area (Å²) >= 11 is 0. The summed E-state index contributed by atoms with van der Waals surface area (Å²) in [6.07, 6.45) is 3.08. The van der Waals surface area contributed by atoms with Gasteiger partial charge in [-0.1, -0.05) is 0 Å². The lowest BCUT2D eigenvalue weighted by molar-refractivity contribution is 0.0240. The number of carbonyl (C=O) groups is 1. The summed E-state index contributed by atoms with van der Waals surface area (Å²) in [7, 11) is 1.86. The molecule has 124 valence electrons. The second-order valence-electron chi connectivity index (χ2n) is 6.66. The lowest BCUT2D eigenvalue weighted by atomic mass is 10.2. The van der Waals surface area contributed by atoms with Gasteiger partial charge in [-0.2, -0.15) is 5.10 Å². The Kier molecular flexibility index (Phi) is 3.83. The number of amides is 1. The van der Waals surface area contributed by atoms with Gasteiger partial charge >= 0.3 is 6.09 Å². The van der Waals surface area contributed by atoms with Crippen LogP contribution in [0.3, 0.4) is 0 Å². The monoisotopic (exact) mass is 318 g/mol. The molecule has 1 aliphatic heterocycles. The zero-order valence-corrected chi connectivity index (χ0v) is 14.0. The Morgan fingerprint density at radius 3 is 2.52 bits per heavy atom. The topological polar surface area (TPSA) is 76.4 Å². The van der Waals surface area contributed by atoms with Crippen molar-refractivity contribution in [2.24, 2.45) is 7.05 Å². The highest BCUT2D eigenvalue weighted by Crippen LogP contribution is 2.23. The quantitative estimate of drug-likeness (QED) is 0.791. The highest BCUT2D eigenvalue weighted by Gasteiger charge is 2.27. The number of fused-ring (bicyclic) bond motifs is 1. The van der Waals surface area contributed by atoms with Crippen LogP contribution < -0.4 is 4.90 Å². The average molecular weight is 318 g/mol. The molecule has 0 aliphatic carbocycles. The maximum absolute atomic E-state index is 12.1. The summed E-state index contributed by atoms with van der Waals surface area (Å²) in [6.45, 7) is 8.27. The van der Waals surface area contributed by atoms with Crippen LogP contribution in [-0.2, 0) is 11.8 Å². The fourth-order valence-electron chi connectivity index (χ4n) is 2.63. The number of carbonyl (C=O) groups excluding carboxylic acids is 1. The van der Waals surface area contributed by atoms with E-state index in [0.29, 0.717) is 26.2 Å². The number of aryl methyl sites for hydroxylation is 1. The van der Waals surface area contributed by atoms with Gasteiger partial charge in [-0.3, -0.25) is 4.68 Å². The van der Waals surface area contributed by atoms with Gasteiger partial charge in [0.25, 0.3) is 0 Å². The third-order valence-electron chi connectivity index (χ3n) is 3.74. The molecule has 0 bridgehead atoms. The minimum Gasteiger partial charge on any atom is -0.444 e. The van der Waals surface area contributed by atoms with Crippen LogP contribution in [0.1, 0.15) is 20.8 Å². The van der Waals surface area contributed by atoms with E-state index in [2.05, 4.69) is 20.0 Å². The van der Waals surface area contributed by atoms with E-state index in [1.54, 1.807) is 22.1 Å². The van der Waals surface area contributed by atoms with E-state index in [1.165, 1.54) is 0 Å². The molecule has 8 heteroatoms. The maximum atomic E-state index is 12.1. The van der Waals surface area contributed by atoms with Gasteiger partial charge in [0.2, 0.25) is 0 Å². The molecule has 23 heavy (non-hydrogen) atoms. The molecule has 1 amide bonds. The Balaban J connectivity index is 1.70. The Labute approximate surface area is 135 Å². The summed E-state index contributed by atoms with van der Waals surface area (Å²) in [5.41, 5.74) is 0.340. The van der Waals surface area contributed by atoms with Gasteiger partial charge in [0.15, 0.2) is 5.65 Å². The number of hydrogen-bond acceptors (Lipinski definition) is 6. The van der Waals surface area contributed by atoms with Crippen molar-refractivity contribution >= 4 is 22.9 Å². The van der Waals surface area contributed by atoms with E-state index in [4.69, 9.17) is 4.74 Å². The van der Waals surface area contributed by atoms with Crippen molar-refractivity contribution in [2.75, 3.05) is 31.1 Å². The third kappa shape index (κ3) is 3.20. The van der Waals surface area contributed by atoms with Crippen molar-refractivity contribution in [3.8, 4) is 0 Å². The van der Waals surface area contributed by atoms with Gasteiger partial charge in [0.1, 0.15) is 17.7 Å². The predicted octanol–water partition coefficient (Wildman–Crippen LogP) is 1.42. The first-order valence-corrected chi connectivity index (χ1v) is 7.71. The van der Waals surface area contributed by atoms with Crippen LogP contribution in [0, 0.1) is 0 Å². The van der Waals surface area contributed by atoms with Crippen LogP contribution in [0.25, 0.3) is 11.0 Å². The molecule has 3 rings (SSSR count). The van der Waals surface area contributed by atoms with Crippen molar-refractivity contribution in [1.82, 2.24) is 24.6 Å². The molecule has 0 aromatic carbocycles. The van der Waals surface area contributed by atoms with E-state index >= 15 is 0 Å². The minimum atomic E-state index is -0.469. The molecule has 1 saturated heterocycles. The Morgan fingerprint density at radius 2 is 1.87 bits per heavy atom. The van der Waals surface area contributed by atoms with Crippen LogP contribution in [0.5, 0.6) is 0 Å². The van der Waals surface area contributed by atoms with Crippen molar-refractivity contribution in [3.63, 3.8) is 0 Å². The van der Waals surface area contributed by atoms with Gasteiger partial charge in [-0.25, -0.2) is 14.8 Å². The number of anilines is 1. The molecule has 0 saturated carbocycles. The zero-order valence-electron chi connectivity index (χ0n) is 14.0. The number of ether oxygens (including phenoxy) is 1. The molecule has 2 aromatic heterocycles. The maximum Gasteiger partial charge on any atom is 0.410 e. The van der Waals surface area contributed by atoms with Crippen molar-refractivity contribution < 1.29 is 9.53 Å². The molecule has 2 aromatic rings. The lowest BCUT2D eigenvalue weighted by Gasteiger charge is -2.36. The Hall–Kier alpha value is -2.38. The van der Waals surface area contributed by atoms with E-state index in [1.807, 2.05) is 27.8 Å². The van der Waals surface area contributed by atoms with E-state index in [-0.39, 0.29) is 6.09 Å². The van der Waals surface area contributed by atoms with E-state index in [9.17, 15) is 4.79 Å². The molecule has 0 unspecified atom stereocenters. The van der Waals surface area contributed by atoms with Crippen molar-refractivity contribution in [2.45, 2.75) is 26.4 Å². The van der Waals surface area contributed by atoms with Gasteiger partial charge in [-0.05, 0) is 20.8 Å². The van der Waals surface area contributed by atoms with Crippen molar-refractivity contribution in [3.05, 3.63) is 12.5 Å². The van der Waals surface area contributed by atoms with Gasteiger partial charge in [0, 0.05) is 33.2 Å². The largest absolute Gasteiger partial charge is 0.444 e. The van der Waals surface area contributed by atoms with Crippen molar-refractivity contribution in [1.29, 1.82) is 0 Å². The fourth-order valence-corrected chi connectivity index (χ4v) is 2.63. The van der Waals surface area contributed by atoms with Crippen LogP contribution in [0.4, 0.5) is 10.6 Å². The summed E-state index contributed by atoms with van der Waals surface area (Å²) < 4.78 is 7.15. The normalized spacial score (nSPS) is 16.0. The Bertz CT molecular complexity index is 712. The van der Waals surface area contributed by atoms with Crippen LogP contribution in [0.2, 0.25) is 0 Å². The molecule has 8 nitrogen and oxygen atoms in total. The SMILES string of the molecule is Cn1ncc2c(N3CCN(C(=O)OC(C)(C)C)CC3)ncnc21.